The Morgan fingerprint density at radius 2 is 2.00 bits per heavy atom. The Morgan fingerprint density at radius 1 is 1.19 bits per heavy atom. The van der Waals surface area contributed by atoms with Gasteiger partial charge >= 0.3 is 0 Å². The van der Waals surface area contributed by atoms with Gasteiger partial charge in [0, 0.05) is 31.2 Å². The van der Waals surface area contributed by atoms with E-state index in [1.54, 1.807) is 0 Å². The number of fused-ring (bicyclic) bond motifs is 1. The average molecular weight is 441 g/mol. The summed E-state index contributed by atoms with van der Waals surface area (Å²) in [6, 6.07) is 10.1. The minimum absolute atomic E-state index is 0.187. The molecule has 164 valence electrons. The molecule has 4 heterocycles. The number of ether oxygens (including phenoxy) is 1. The van der Waals surface area contributed by atoms with Crippen molar-refractivity contribution in [2.45, 2.75) is 24.9 Å². The monoisotopic (exact) mass is 440 g/mol. The zero-order chi connectivity index (χ0) is 21.3. The summed E-state index contributed by atoms with van der Waals surface area (Å²) >= 11 is 6.20. The molecule has 1 aromatic carbocycles. The largest absolute Gasteiger partial charge is 0.378 e. The molecule has 0 amide bonds. The van der Waals surface area contributed by atoms with E-state index in [-0.39, 0.29) is 5.54 Å². The van der Waals surface area contributed by atoms with E-state index in [0.29, 0.717) is 6.54 Å². The number of nitrogens with one attached hydrogen (secondary N) is 2. The van der Waals surface area contributed by atoms with E-state index in [2.05, 4.69) is 39.6 Å². The Balaban J connectivity index is 1.50. The van der Waals surface area contributed by atoms with Crippen LogP contribution in [-0.4, -0.2) is 62.8 Å². The van der Waals surface area contributed by atoms with Gasteiger partial charge in [-0.25, -0.2) is 4.98 Å². The van der Waals surface area contributed by atoms with E-state index >= 15 is 0 Å². The van der Waals surface area contributed by atoms with Crippen molar-refractivity contribution < 1.29 is 4.74 Å². The number of pyridine rings is 1. The van der Waals surface area contributed by atoms with E-state index in [4.69, 9.17) is 26.3 Å². The lowest BCUT2D eigenvalue weighted by Gasteiger charge is -2.47. The summed E-state index contributed by atoms with van der Waals surface area (Å²) in [5, 5.41) is 8.06. The van der Waals surface area contributed by atoms with Crippen LogP contribution in [0.3, 0.4) is 0 Å². The van der Waals surface area contributed by atoms with E-state index in [9.17, 15) is 0 Å². The van der Waals surface area contributed by atoms with E-state index < -0.39 is 0 Å². The summed E-state index contributed by atoms with van der Waals surface area (Å²) in [4.78, 5) is 14.4. The van der Waals surface area contributed by atoms with Gasteiger partial charge in [-0.3, -0.25) is 4.99 Å². The Bertz CT molecular complexity index is 968. The quantitative estimate of drug-likeness (QED) is 0.764. The maximum atomic E-state index is 6.20. The van der Waals surface area contributed by atoms with Crippen LogP contribution in [0.5, 0.6) is 0 Å². The van der Waals surface area contributed by atoms with Gasteiger partial charge in [-0.2, -0.15) is 0 Å². The molecule has 5 rings (SSSR count). The number of aromatic nitrogens is 1. The van der Waals surface area contributed by atoms with Crippen molar-refractivity contribution >= 4 is 34.6 Å². The smallest absolute Gasteiger partial charge is 0.130 e. The highest BCUT2D eigenvalue weighted by molar-refractivity contribution is 6.30. The van der Waals surface area contributed by atoms with Crippen molar-refractivity contribution in [2.24, 2.45) is 4.99 Å². The number of rotatable bonds is 3. The highest BCUT2D eigenvalue weighted by Gasteiger charge is 2.43. The lowest BCUT2D eigenvalue weighted by Crippen LogP contribution is -2.60. The lowest BCUT2D eigenvalue weighted by molar-refractivity contribution is 0.122. The van der Waals surface area contributed by atoms with Crippen LogP contribution in [-0.2, 0) is 11.3 Å². The van der Waals surface area contributed by atoms with Gasteiger partial charge < -0.3 is 25.2 Å². The molecule has 31 heavy (non-hydrogen) atoms. The number of aliphatic imine (C=N–C) groups is 1. The molecule has 0 atom stereocenters. The highest BCUT2D eigenvalue weighted by Crippen LogP contribution is 2.40. The van der Waals surface area contributed by atoms with Crippen LogP contribution in [0.2, 0.25) is 5.02 Å². The summed E-state index contributed by atoms with van der Waals surface area (Å²) < 4.78 is 5.50. The molecule has 2 fully saturated rings. The first-order valence-electron chi connectivity index (χ1n) is 11.0. The van der Waals surface area contributed by atoms with Crippen LogP contribution in [0.15, 0.2) is 41.5 Å². The normalized spacial score (nSPS) is 21.8. The van der Waals surface area contributed by atoms with E-state index in [1.807, 2.05) is 24.4 Å². The molecule has 3 aliphatic heterocycles. The third kappa shape index (κ3) is 4.10. The molecule has 3 aliphatic rings. The van der Waals surface area contributed by atoms with Crippen molar-refractivity contribution in [1.29, 1.82) is 0 Å². The summed E-state index contributed by atoms with van der Waals surface area (Å²) in [6.45, 7) is 5.76. The Labute approximate surface area is 188 Å². The van der Waals surface area contributed by atoms with Crippen LogP contribution in [0, 0.1) is 0 Å². The van der Waals surface area contributed by atoms with Crippen molar-refractivity contribution in [3.8, 4) is 0 Å². The van der Waals surface area contributed by atoms with Crippen molar-refractivity contribution in [3.63, 3.8) is 0 Å². The molecule has 8 heteroatoms. The Kier molecular flexibility index (Phi) is 5.73. The Morgan fingerprint density at radius 3 is 2.77 bits per heavy atom. The molecule has 1 aromatic heterocycles. The third-order valence-electron chi connectivity index (χ3n) is 6.44. The predicted octanol–water partition coefficient (Wildman–Crippen LogP) is 3.15. The minimum Gasteiger partial charge on any atom is -0.378 e. The fourth-order valence-electron chi connectivity index (χ4n) is 4.78. The van der Waals surface area contributed by atoms with Crippen molar-refractivity contribution in [3.05, 3.63) is 47.1 Å². The number of morpholine rings is 1. The second-order valence-electron chi connectivity index (χ2n) is 8.44. The topological polar surface area (TPSA) is 65.0 Å². The second-order valence-corrected chi connectivity index (χ2v) is 8.88. The van der Waals surface area contributed by atoms with Gasteiger partial charge in [-0.1, -0.05) is 23.7 Å². The van der Waals surface area contributed by atoms with Gasteiger partial charge in [0.2, 0.25) is 0 Å². The van der Waals surface area contributed by atoms with Gasteiger partial charge in [0.25, 0.3) is 0 Å². The summed E-state index contributed by atoms with van der Waals surface area (Å²) in [6.07, 6.45) is 3.95. The molecule has 2 aromatic rings. The molecule has 7 nitrogen and oxygen atoms in total. The zero-order valence-electron chi connectivity index (χ0n) is 17.9. The average Bonchev–Trinajstić information content (AvgIpc) is 2.80. The first kappa shape index (κ1) is 20.5. The summed E-state index contributed by atoms with van der Waals surface area (Å²) in [5.41, 5.74) is 3.12. The number of halogens is 1. The number of hydrogen-bond acceptors (Lipinski definition) is 6. The first-order valence-corrected chi connectivity index (χ1v) is 11.4. The summed E-state index contributed by atoms with van der Waals surface area (Å²) in [7, 11) is 2.13. The van der Waals surface area contributed by atoms with Gasteiger partial charge in [-0.05, 0) is 43.6 Å². The molecule has 2 saturated heterocycles. The minimum atomic E-state index is -0.187. The number of anilines is 3. The molecule has 0 unspecified atom stereocenters. The van der Waals surface area contributed by atoms with E-state index in [1.165, 1.54) is 0 Å². The van der Waals surface area contributed by atoms with Crippen molar-refractivity contribution in [2.75, 3.05) is 61.6 Å². The number of likely N-dealkylation sites (N-methyl/N-ethyl adjacent to an activating group) is 1. The second kappa shape index (κ2) is 8.65. The highest BCUT2D eigenvalue weighted by atomic mass is 35.5. The molecule has 0 radical (unpaired) electrons. The standard InChI is InChI=1S/C23H29ClN6O/c1-29-20-14-21(30-9-11-31-12-10-30)26-16-19(20)28-23(5-7-25-8-6-23)22(29)27-15-17-3-2-4-18(24)13-17/h2-4,13-14,16,25,28H,5-12,15H2,1H3. The van der Waals surface area contributed by atoms with Crippen LogP contribution in [0.4, 0.5) is 17.2 Å². The van der Waals surface area contributed by atoms with Gasteiger partial charge in [0.05, 0.1) is 42.9 Å². The molecular weight excluding hydrogens is 412 g/mol. The molecule has 1 spiro atoms. The fraction of sp³-hybridized carbons (Fsp3) is 0.478. The number of amidine groups is 1. The molecular formula is C23H29ClN6O. The molecule has 0 saturated carbocycles. The molecule has 0 aliphatic carbocycles. The van der Waals surface area contributed by atoms with Crippen molar-refractivity contribution in [1.82, 2.24) is 10.3 Å². The maximum Gasteiger partial charge on any atom is 0.130 e. The number of hydrogen-bond donors (Lipinski definition) is 2. The van der Waals surface area contributed by atoms with Crippen LogP contribution in [0.25, 0.3) is 0 Å². The first-order chi connectivity index (χ1) is 15.1. The Hall–Kier alpha value is -2.35. The van der Waals surface area contributed by atoms with Gasteiger partial charge in [-0.15, -0.1) is 0 Å². The van der Waals surface area contributed by atoms with Crippen LogP contribution >= 0.6 is 11.6 Å². The molecule has 2 N–H and O–H groups in total. The van der Waals surface area contributed by atoms with Gasteiger partial charge in [0.1, 0.15) is 11.7 Å². The van der Waals surface area contributed by atoms with Crippen LogP contribution < -0.4 is 20.4 Å². The van der Waals surface area contributed by atoms with E-state index in [0.717, 1.165) is 85.8 Å². The molecule has 0 bridgehead atoms. The zero-order valence-corrected chi connectivity index (χ0v) is 18.7. The van der Waals surface area contributed by atoms with Gasteiger partial charge in [0.15, 0.2) is 0 Å². The maximum absolute atomic E-state index is 6.20. The summed E-state index contributed by atoms with van der Waals surface area (Å²) in [5.74, 6) is 2.08. The third-order valence-corrected chi connectivity index (χ3v) is 6.68. The van der Waals surface area contributed by atoms with Crippen LogP contribution in [0.1, 0.15) is 18.4 Å². The lowest BCUT2D eigenvalue weighted by atomic mass is 9.84. The number of nitrogens with zero attached hydrogens (tertiary/aromatic N) is 4. The fourth-order valence-corrected chi connectivity index (χ4v) is 5.00. The SMILES string of the molecule is CN1C(=NCc2cccc(Cl)c2)C2(CCNCC2)Nc2cnc(N3CCOCC3)cc21. The predicted molar refractivity (Wildman–Crippen MR) is 127 cm³/mol. The number of piperidine rings is 1. The number of benzene rings is 1.